The van der Waals surface area contributed by atoms with Gasteiger partial charge in [0.1, 0.15) is 0 Å². The van der Waals surface area contributed by atoms with Crippen molar-refractivity contribution in [3.8, 4) is 0 Å². The summed E-state index contributed by atoms with van der Waals surface area (Å²) in [6.45, 7) is 5.57. The molecule has 0 aromatic heterocycles. The van der Waals surface area contributed by atoms with Crippen molar-refractivity contribution in [3.63, 3.8) is 0 Å². The van der Waals surface area contributed by atoms with E-state index in [4.69, 9.17) is 0 Å². The lowest BCUT2D eigenvalue weighted by Crippen LogP contribution is -2.40. The van der Waals surface area contributed by atoms with E-state index in [9.17, 15) is 8.42 Å². The largest absolute Gasteiger partial charge is 0.378 e. The van der Waals surface area contributed by atoms with Crippen molar-refractivity contribution in [2.75, 3.05) is 5.32 Å². The highest BCUT2D eigenvalue weighted by molar-refractivity contribution is 7.89. The molecule has 0 amide bonds. The molecule has 3 aromatic carbocycles. The van der Waals surface area contributed by atoms with E-state index in [1.165, 1.54) is 16.3 Å². The molecule has 0 fully saturated rings. The van der Waals surface area contributed by atoms with Crippen molar-refractivity contribution in [2.24, 2.45) is 5.92 Å². The van der Waals surface area contributed by atoms with Gasteiger partial charge in [-0.25, -0.2) is 13.1 Å². The van der Waals surface area contributed by atoms with Crippen LogP contribution in [0, 0.1) is 5.92 Å². The molecular formula is C26H28N2O2S. The maximum absolute atomic E-state index is 12.9. The Hall–Kier alpha value is -2.63. The highest BCUT2D eigenvalue weighted by Gasteiger charge is 2.39. The van der Waals surface area contributed by atoms with E-state index >= 15 is 0 Å². The first kappa shape index (κ1) is 20.3. The first-order valence-electron chi connectivity index (χ1n) is 10.8. The van der Waals surface area contributed by atoms with Crippen molar-refractivity contribution in [1.82, 2.24) is 4.72 Å². The molecule has 1 heterocycles. The van der Waals surface area contributed by atoms with Gasteiger partial charge in [-0.1, -0.05) is 54.6 Å². The van der Waals surface area contributed by atoms with E-state index in [0.29, 0.717) is 10.8 Å². The number of benzene rings is 3. The third-order valence-corrected chi connectivity index (χ3v) is 8.00. The van der Waals surface area contributed by atoms with Crippen LogP contribution in [0.5, 0.6) is 0 Å². The lowest BCUT2D eigenvalue weighted by Gasteiger charge is -2.38. The molecule has 1 aliphatic heterocycles. The van der Waals surface area contributed by atoms with E-state index in [0.717, 1.165) is 17.7 Å². The van der Waals surface area contributed by atoms with Gasteiger partial charge in [-0.05, 0) is 73.2 Å². The van der Waals surface area contributed by atoms with Crippen LogP contribution in [0.1, 0.15) is 50.3 Å². The van der Waals surface area contributed by atoms with Gasteiger partial charge in [-0.15, -0.1) is 0 Å². The fourth-order valence-electron chi connectivity index (χ4n) is 5.03. The van der Waals surface area contributed by atoms with Crippen LogP contribution in [0.4, 0.5) is 5.69 Å². The Morgan fingerprint density at radius 3 is 2.55 bits per heavy atom. The van der Waals surface area contributed by atoms with Crippen LogP contribution in [-0.4, -0.2) is 14.0 Å². The Balaban J connectivity index is 1.57. The van der Waals surface area contributed by atoms with Gasteiger partial charge in [-0.3, -0.25) is 0 Å². The second-order valence-electron chi connectivity index (χ2n) is 9.65. The molecule has 160 valence electrons. The maximum atomic E-state index is 12.9. The summed E-state index contributed by atoms with van der Waals surface area (Å²) in [5.41, 5.74) is 2.85. The summed E-state index contributed by atoms with van der Waals surface area (Å²) in [5.74, 6) is 0.553. The van der Waals surface area contributed by atoms with Gasteiger partial charge in [-0.2, -0.15) is 0 Å². The van der Waals surface area contributed by atoms with E-state index < -0.39 is 15.6 Å². The predicted octanol–water partition coefficient (Wildman–Crippen LogP) is 5.74. The number of hydrogen-bond acceptors (Lipinski definition) is 3. The van der Waals surface area contributed by atoms with Gasteiger partial charge in [0.2, 0.25) is 10.0 Å². The van der Waals surface area contributed by atoms with Gasteiger partial charge in [0.25, 0.3) is 0 Å². The van der Waals surface area contributed by atoms with Gasteiger partial charge in [0.05, 0.1) is 10.9 Å². The molecule has 3 aromatic rings. The highest BCUT2D eigenvalue weighted by atomic mass is 32.2. The van der Waals surface area contributed by atoms with Crippen molar-refractivity contribution in [3.05, 3.63) is 83.9 Å². The SMILES string of the molecule is CC(C)(C)NS(=O)(=O)c1ccc2c(c1)C1C=CCC1C(c1cccc3ccccc13)N2. The van der Waals surface area contributed by atoms with Crippen molar-refractivity contribution >= 4 is 26.5 Å². The molecule has 31 heavy (non-hydrogen) atoms. The Morgan fingerprint density at radius 1 is 0.968 bits per heavy atom. The van der Waals surface area contributed by atoms with E-state index in [1.807, 2.05) is 32.9 Å². The highest BCUT2D eigenvalue weighted by Crippen LogP contribution is 2.51. The van der Waals surface area contributed by atoms with Crippen molar-refractivity contribution < 1.29 is 8.42 Å². The van der Waals surface area contributed by atoms with E-state index in [2.05, 4.69) is 64.7 Å². The molecular weight excluding hydrogens is 404 g/mol. The van der Waals surface area contributed by atoms with Gasteiger partial charge in [0.15, 0.2) is 0 Å². The Morgan fingerprint density at radius 2 is 1.74 bits per heavy atom. The molecule has 1 aliphatic carbocycles. The van der Waals surface area contributed by atoms with E-state index in [1.54, 1.807) is 6.07 Å². The van der Waals surface area contributed by atoms with Crippen LogP contribution in [0.3, 0.4) is 0 Å². The lowest BCUT2D eigenvalue weighted by molar-refractivity contribution is 0.426. The second-order valence-corrected chi connectivity index (χ2v) is 11.3. The van der Waals surface area contributed by atoms with Crippen LogP contribution in [0.15, 0.2) is 77.7 Å². The molecule has 5 rings (SSSR count). The van der Waals surface area contributed by atoms with Gasteiger partial charge < -0.3 is 5.32 Å². The number of nitrogens with one attached hydrogen (secondary N) is 2. The summed E-state index contributed by atoms with van der Waals surface area (Å²) in [6.07, 6.45) is 5.46. The zero-order chi connectivity index (χ0) is 21.8. The molecule has 4 nitrogen and oxygen atoms in total. The van der Waals surface area contributed by atoms with Gasteiger partial charge >= 0.3 is 0 Å². The van der Waals surface area contributed by atoms with Crippen LogP contribution in [0.2, 0.25) is 0 Å². The minimum Gasteiger partial charge on any atom is -0.378 e. The van der Waals surface area contributed by atoms with Crippen LogP contribution in [0.25, 0.3) is 10.8 Å². The topological polar surface area (TPSA) is 58.2 Å². The van der Waals surface area contributed by atoms with Crippen molar-refractivity contribution in [1.29, 1.82) is 0 Å². The molecule has 0 bridgehead atoms. The number of anilines is 1. The lowest BCUT2D eigenvalue weighted by atomic mass is 9.76. The number of sulfonamides is 1. The molecule has 0 saturated heterocycles. The molecule has 0 radical (unpaired) electrons. The summed E-state index contributed by atoms with van der Waals surface area (Å²) in [7, 11) is -3.58. The number of hydrogen-bond donors (Lipinski definition) is 2. The first-order valence-corrected chi connectivity index (χ1v) is 12.3. The normalized spacial score (nSPS) is 22.7. The smallest absolute Gasteiger partial charge is 0.241 e. The molecule has 0 saturated carbocycles. The standard InChI is InChI=1S/C26H28N2O2S/c1-26(2,3)28-31(29,30)18-14-15-24-23(16-18)20-11-7-13-22(20)25(27-24)21-12-6-9-17-8-4-5-10-19(17)21/h4-12,14-16,20,22,25,27-28H,13H2,1-3H3. The average molecular weight is 433 g/mol. The van der Waals surface area contributed by atoms with Crippen LogP contribution in [-0.2, 0) is 10.0 Å². The second kappa shape index (κ2) is 7.21. The molecule has 2 aliphatic rings. The minimum atomic E-state index is -3.58. The average Bonchev–Trinajstić information content (AvgIpc) is 3.21. The summed E-state index contributed by atoms with van der Waals surface area (Å²) in [5, 5.41) is 6.26. The third kappa shape index (κ3) is 3.66. The number of rotatable bonds is 3. The van der Waals surface area contributed by atoms with Crippen molar-refractivity contribution in [2.45, 2.75) is 49.6 Å². The van der Waals surface area contributed by atoms with Crippen LogP contribution < -0.4 is 10.0 Å². The summed E-state index contributed by atoms with van der Waals surface area (Å²) in [6, 6.07) is 20.7. The summed E-state index contributed by atoms with van der Waals surface area (Å²) >= 11 is 0. The fourth-order valence-corrected chi connectivity index (χ4v) is 6.48. The summed E-state index contributed by atoms with van der Waals surface area (Å²) < 4.78 is 28.6. The predicted molar refractivity (Wildman–Crippen MR) is 127 cm³/mol. The number of allylic oxidation sites excluding steroid dienone is 2. The van der Waals surface area contributed by atoms with E-state index in [-0.39, 0.29) is 12.0 Å². The molecule has 3 atom stereocenters. The third-order valence-electron chi connectivity index (χ3n) is 6.24. The maximum Gasteiger partial charge on any atom is 0.241 e. The Labute approximate surface area is 184 Å². The van der Waals surface area contributed by atoms with Crippen LogP contribution >= 0.6 is 0 Å². The monoisotopic (exact) mass is 432 g/mol. The molecule has 5 heteroatoms. The molecule has 0 spiro atoms. The zero-order valence-electron chi connectivity index (χ0n) is 18.1. The molecule has 3 unspecified atom stereocenters. The van der Waals surface area contributed by atoms with Gasteiger partial charge in [0, 0.05) is 17.1 Å². The Kier molecular flexibility index (Phi) is 4.72. The number of fused-ring (bicyclic) bond motifs is 4. The quantitative estimate of drug-likeness (QED) is 0.519. The molecule has 2 N–H and O–H groups in total. The Bertz CT molecular complexity index is 1280. The fraction of sp³-hybridized carbons (Fsp3) is 0.308. The minimum absolute atomic E-state index is 0.175. The first-order chi connectivity index (χ1) is 14.7. The summed E-state index contributed by atoms with van der Waals surface area (Å²) in [4.78, 5) is 0.325. The zero-order valence-corrected chi connectivity index (χ0v) is 18.9.